The van der Waals surface area contributed by atoms with E-state index in [1.165, 1.54) is 11.1 Å². The first-order chi connectivity index (χ1) is 9.15. The molecule has 2 N–H and O–H groups in total. The number of carbonyl (C=O) groups is 2. The Morgan fingerprint density at radius 1 is 1.26 bits per heavy atom. The molecule has 0 aliphatic heterocycles. The van der Waals surface area contributed by atoms with Crippen LogP contribution in [0.15, 0.2) is 30.4 Å². The zero-order valence-corrected chi connectivity index (χ0v) is 10.4. The maximum atomic E-state index is 11.1. The average Bonchev–Trinajstić information content (AvgIpc) is 2.35. The first-order valence-corrected chi connectivity index (χ1v) is 6.08. The lowest BCUT2D eigenvalue weighted by Gasteiger charge is -2.19. The highest BCUT2D eigenvalue weighted by Crippen LogP contribution is 2.26. The molecular weight excluding hydrogens is 246 g/mol. The van der Waals surface area contributed by atoms with Crippen LogP contribution in [-0.2, 0) is 22.4 Å². The minimum Gasteiger partial charge on any atom is -0.492 e. The molecule has 1 amide bonds. The second-order valence-electron chi connectivity index (χ2n) is 4.24. The Labute approximate surface area is 110 Å². The molecule has 5 heteroatoms. The summed E-state index contributed by atoms with van der Waals surface area (Å²) >= 11 is 0. The Morgan fingerprint density at radius 2 is 2.05 bits per heavy atom. The third-order valence-electron chi connectivity index (χ3n) is 2.89. The van der Waals surface area contributed by atoms with Crippen LogP contribution >= 0.6 is 0 Å². The van der Waals surface area contributed by atoms with Crippen molar-refractivity contribution in [3.8, 4) is 5.75 Å². The number of benzene rings is 1. The van der Waals surface area contributed by atoms with Gasteiger partial charge in [0.05, 0.1) is 6.54 Å². The molecule has 1 aliphatic rings. The number of fused-ring (bicyclic) bond motifs is 1. The number of carboxylic acids is 1. The minimum absolute atomic E-state index is 0.333. The van der Waals surface area contributed by atoms with Gasteiger partial charge in [0.2, 0.25) is 5.91 Å². The molecule has 0 fully saturated rings. The van der Waals surface area contributed by atoms with E-state index < -0.39 is 11.9 Å². The molecule has 2 rings (SSSR count). The van der Waals surface area contributed by atoms with Crippen LogP contribution in [0.2, 0.25) is 0 Å². The molecule has 0 saturated heterocycles. The lowest BCUT2D eigenvalue weighted by Crippen LogP contribution is -2.26. The molecule has 5 nitrogen and oxygen atoms in total. The topological polar surface area (TPSA) is 75.6 Å². The van der Waals surface area contributed by atoms with Crippen LogP contribution in [0.4, 0.5) is 0 Å². The lowest BCUT2D eigenvalue weighted by molar-refractivity contribution is -0.131. The Kier molecular flexibility index (Phi) is 4.18. The molecule has 0 unspecified atom stereocenters. The summed E-state index contributed by atoms with van der Waals surface area (Å²) in [6.07, 6.45) is 4.02. The van der Waals surface area contributed by atoms with Crippen LogP contribution < -0.4 is 10.1 Å². The number of aryl methyl sites for hydroxylation is 2. The zero-order chi connectivity index (χ0) is 13.7. The van der Waals surface area contributed by atoms with Crippen molar-refractivity contribution in [3.05, 3.63) is 41.5 Å². The van der Waals surface area contributed by atoms with Gasteiger partial charge in [0.25, 0.3) is 0 Å². The van der Waals surface area contributed by atoms with E-state index >= 15 is 0 Å². The fourth-order valence-electron chi connectivity index (χ4n) is 1.81. The fourth-order valence-corrected chi connectivity index (χ4v) is 1.81. The fraction of sp³-hybridized carbons (Fsp3) is 0.286. The monoisotopic (exact) mass is 261 g/mol. The molecule has 0 heterocycles. The van der Waals surface area contributed by atoms with Crippen LogP contribution in [0.5, 0.6) is 5.75 Å². The Morgan fingerprint density at radius 3 is 2.68 bits per heavy atom. The predicted molar refractivity (Wildman–Crippen MR) is 69.1 cm³/mol. The summed E-state index contributed by atoms with van der Waals surface area (Å²) in [5.41, 5.74) is 2.70. The van der Waals surface area contributed by atoms with E-state index in [0.29, 0.717) is 13.2 Å². The number of aliphatic carboxylic acids is 1. The van der Waals surface area contributed by atoms with E-state index in [-0.39, 0.29) is 0 Å². The van der Waals surface area contributed by atoms with Crippen molar-refractivity contribution in [2.24, 2.45) is 0 Å². The number of amides is 1. The summed E-state index contributed by atoms with van der Waals surface area (Å²) in [7, 11) is 0. The largest absolute Gasteiger partial charge is 0.492 e. The highest BCUT2D eigenvalue weighted by atomic mass is 16.5. The van der Waals surface area contributed by atoms with Crippen LogP contribution in [-0.4, -0.2) is 30.1 Å². The minimum atomic E-state index is -1.14. The van der Waals surface area contributed by atoms with E-state index in [9.17, 15) is 9.59 Å². The molecule has 1 aromatic carbocycles. The number of rotatable bonds is 6. The van der Waals surface area contributed by atoms with Gasteiger partial charge in [0.1, 0.15) is 12.4 Å². The molecule has 1 aliphatic carbocycles. The summed E-state index contributed by atoms with van der Waals surface area (Å²) in [4.78, 5) is 21.3. The van der Waals surface area contributed by atoms with E-state index in [1.54, 1.807) is 0 Å². The Hall–Kier alpha value is -2.30. The van der Waals surface area contributed by atoms with E-state index in [2.05, 4.69) is 11.4 Å². The third kappa shape index (κ3) is 3.84. The van der Waals surface area contributed by atoms with E-state index in [1.807, 2.05) is 12.1 Å². The molecule has 0 atom stereocenters. The maximum Gasteiger partial charge on any atom is 0.328 e. The molecule has 0 aromatic heterocycles. The Balaban J connectivity index is 1.67. The Bertz CT molecular complexity index is 522. The SMILES string of the molecule is O=C(O)/C=C\C(=O)NCCOc1ccc2c(c1)CC2. The molecule has 100 valence electrons. The normalized spacial score (nSPS) is 12.6. The summed E-state index contributed by atoms with van der Waals surface area (Å²) < 4.78 is 5.50. The van der Waals surface area contributed by atoms with Crippen LogP contribution in [0.3, 0.4) is 0 Å². The van der Waals surface area contributed by atoms with Crippen molar-refractivity contribution in [3.63, 3.8) is 0 Å². The van der Waals surface area contributed by atoms with E-state index in [0.717, 1.165) is 30.7 Å². The van der Waals surface area contributed by atoms with Crippen molar-refractivity contribution < 1.29 is 19.4 Å². The lowest BCUT2D eigenvalue weighted by atomic mass is 9.89. The third-order valence-corrected chi connectivity index (χ3v) is 2.89. The molecule has 0 saturated carbocycles. The van der Waals surface area contributed by atoms with Gasteiger partial charge in [-0.15, -0.1) is 0 Å². The molecule has 1 aromatic rings. The van der Waals surface area contributed by atoms with Crippen molar-refractivity contribution in [2.45, 2.75) is 12.8 Å². The number of ether oxygens (including phenoxy) is 1. The molecule has 0 bridgehead atoms. The number of hydrogen-bond donors (Lipinski definition) is 2. The van der Waals surface area contributed by atoms with Gasteiger partial charge >= 0.3 is 5.97 Å². The van der Waals surface area contributed by atoms with E-state index in [4.69, 9.17) is 9.84 Å². The average molecular weight is 261 g/mol. The van der Waals surface area contributed by atoms with Gasteiger partial charge in [-0.2, -0.15) is 0 Å². The summed E-state index contributed by atoms with van der Waals surface area (Å²) in [6, 6.07) is 6.00. The summed E-state index contributed by atoms with van der Waals surface area (Å²) in [6.45, 7) is 0.686. The highest BCUT2D eigenvalue weighted by Gasteiger charge is 2.12. The number of carbonyl (C=O) groups excluding carboxylic acids is 1. The van der Waals surface area contributed by atoms with Gasteiger partial charge in [-0.3, -0.25) is 4.79 Å². The molecule has 19 heavy (non-hydrogen) atoms. The first-order valence-electron chi connectivity index (χ1n) is 6.08. The second-order valence-corrected chi connectivity index (χ2v) is 4.24. The van der Waals surface area contributed by atoms with Gasteiger partial charge in [-0.1, -0.05) is 6.07 Å². The second kappa shape index (κ2) is 6.04. The van der Waals surface area contributed by atoms with Crippen molar-refractivity contribution >= 4 is 11.9 Å². The van der Waals surface area contributed by atoms with Crippen molar-refractivity contribution in [1.29, 1.82) is 0 Å². The number of nitrogens with one attached hydrogen (secondary N) is 1. The summed E-state index contributed by atoms with van der Waals surface area (Å²) in [5.74, 6) is -0.787. The number of hydrogen-bond acceptors (Lipinski definition) is 3. The highest BCUT2D eigenvalue weighted by molar-refractivity contribution is 5.93. The molecule has 0 spiro atoms. The van der Waals surface area contributed by atoms with Gasteiger partial charge in [-0.05, 0) is 36.1 Å². The molecular formula is C14H15NO4. The quantitative estimate of drug-likeness (QED) is 0.590. The standard InChI is InChI=1S/C14H15NO4/c16-13(5-6-14(17)18)15-7-8-19-12-4-3-10-1-2-11(10)9-12/h3-6,9H,1-2,7-8H2,(H,15,16)(H,17,18)/b6-5-. The van der Waals surface area contributed by atoms with Gasteiger partial charge in [0.15, 0.2) is 0 Å². The van der Waals surface area contributed by atoms with Crippen LogP contribution in [0.25, 0.3) is 0 Å². The maximum absolute atomic E-state index is 11.1. The smallest absolute Gasteiger partial charge is 0.328 e. The van der Waals surface area contributed by atoms with Gasteiger partial charge in [-0.25, -0.2) is 4.79 Å². The zero-order valence-electron chi connectivity index (χ0n) is 10.4. The van der Waals surface area contributed by atoms with Gasteiger partial charge in [0, 0.05) is 12.2 Å². The molecule has 0 radical (unpaired) electrons. The van der Waals surface area contributed by atoms with Crippen molar-refractivity contribution in [1.82, 2.24) is 5.32 Å². The van der Waals surface area contributed by atoms with Crippen LogP contribution in [0.1, 0.15) is 11.1 Å². The first kappa shape index (κ1) is 13.1. The van der Waals surface area contributed by atoms with Crippen LogP contribution in [0, 0.1) is 0 Å². The van der Waals surface area contributed by atoms with Gasteiger partial charge < -0.3 is 15.2 Å². The number of carboxylic acid groups (broad SMARTS) is 1. The van der Waals surface area contributed by atoms with Crippen molar-refractivity contribution in [2.75, 3.05) is 13.2 Å². The predicted octanol–water partition coefficient (Wildman–Crippen LogP) is 0.921. The summed E-state index contributed by atoms with van der Waals surface area (Å²) in [5, 5.41) is 10.9.